The van der Waals surface area contributed by atoms with Gasteiger partial charge in [-0.2, -0.15) is 5.10 Å². The fourth-order valence-electron chi connectivity index (χ4n) is 1.75. The van der Waals surface area contributed by atoms with Crippen LogP contribution < -0.4 is 10.2 Å². The lowest BCUT2D eigenvalue weighted by molar-refractivity contribution is -0.384. The van der Waals surface area contributed by atoms with Crippen LogP contribution in [0.5, 0.6) is 5.75 Å². The third-order valence-electron chi connectivity index (χ3n) is 2.88. The number of nitro groups is 1. The number of amides is 1. The van der Waals surface area contributed by atoms with Crippen LogP contribution in [-0.4, -0.2) is 24.2 Å². The number of hydrazone groups is 1. The highest BCUT2D eigenvalue weighted by Crippen LogP contribution is 2.24. The van der Waals surface area contributed by atoms with Gasteiger partial charge in [-0.25, -0.2) is 5.43 Å². The van der Waals surface area contributed by atoms with E-state index in [0.29, 0.717) is 5.75 Å². The molecule has 0 aliphatic carbocycles. The number of hydrogen-bond donors (Lipinski definition) is 1. The van der Waals surface area contributed by atoms with Crippen LogP contribution in [0.4, 0.5) is 5.69 Å². The van der Waals surface area contributed by atoms with Gasteiger partial charge in [0.25, 0.3) is 11.6 Å². The molecular weight excluding hydrogens is 322 g/mol. The molecule has 0 heterocycles. The summed E-state index contributed by atoms with van der Waals surface area (Å²) in [7, 11) is 1.55. The Kier molecular flexibility index (Phi) is 5.27. The van der Waals surface area contributed by atoms with Crippen LogP contribution in [0.2, 0.25) is 5.02 Å². The molecule has 0 saturated carbocycles. The van der Waals surface area contributed by atoms with Gasteiger partial charge < -0.3 is 4.74 Å². The van der Waals surface area contributed by atoms with E-state index in [1.165, 1.54) is 18.3 Å². The summed E-state index contributed by atoms with van der Waals surface area (Å²) < 4.78 is 5.07. The third-order valence-corrected chi connectivity index (χ3v) is 3.20. The molecule has 8 heteroatoms. The predicted molar refractivity (Wildman–Crippen MR) is 86.2 cm³/mol. The lowest BCUT2D eigenvalue weighted by Crippen LogP contribution is -2.17. The second-order valence-corrected chi connectivity index (χ2v) is 4.81. The average Bonchev–Trinajstić information content (AvgIpc) is 2.55. The highest BCUT2D eigenvalue weighted by molar-refractivity contribution is 6.32. The van der Waals surface area contributed by atoms with E-state index >= 15 is 0 Å². The minimum absolute atomic E-state index is 0.0357. The van der Waals surface area contributed by atoms with E-state index in [9.17, 15) is 14.9 Å². The molecule has 2 aromatic carbocycles. The molecule has 23 heavy (non-hydrogen) atoms. The van der Waals surface area contributed by atoms with Crippen LogP contribution in [-0.2, 0) is 0 Å². The third kappa shape index (κ3) is 4.27. The number of ether oxygens (including phenoxy) is 1. The minimum Gasteiger partial charge on any atom is -0.497 e. The van der Waals surface area contributed by atoms with Crippen molar-refractivity contribution in [3.05, 3.63) is 68.7 Å². The van der Waals surface area contributed by atoms with Crippen molar-refractivity contribution in [1.82, 2.24) is 5.43 Å². The van der Waals surface area contributed by atoms with Crippen LogP contribution in [0.1, 0.15) is 15.9 Å². The Hall–Kier alpha value is -2.93. The standard InChI is InChI=1S/C15H12ClN3O4/c1-23-12-4-2-3-10(7-12)9-17-18-15(20)11-5-6-13(16)14(8-11)19(21)22/h2-9H,1H3,(H,18,20)/b17-9-. The maximum atomic E-state index is 11.9. The van der Waals surface area contributed by atoms with E-state index in [4.69, 9.17) is 16.3 Å². The summed E-state index contributed by atoms with van der Waals surface area (Å²) in [6.45, 7) is 0. The number of hydrogen-bond acceptors (Lipinski definition) is 5. The predicted octanol–water partition coefficient (Wildman–Crippen LogP) is 3.02. The summed E-state index contributed by atoms with van der Waals surface area (Å²) in [4.78, 5) is 22.1. The highest BCUT2D eigenvalue weighted by atomic mass is 35.5. The molecule has 0 saturated heterocycles. The number of nitro benzene ring substituents is 1. The van der Waals surface area contributed by atoms with Crippen molar-refractivity contribution in [3.63, 3.8) is 0 Å². The van der Waals surface area contributed by atoms with Gasteiger partial charge in [-0.15, -0.1) is 0 Å². The number of nitrogens with one attached hydrogen (secondary N) is 1. The van der Waals surface area contributed by atoms with Crippen molar-refractivity contribution in [2.24, 2.45) is 5.10 Å². The molecule has 1 N–H and O–H groups in total. The molecule has 0 aliphatic rings. The van der Waals surface area contributed by atoms with E-state index in [0.717, 1.165) is 11.6 Å². The SMILES string of the molecule is COc1cccc(/C=N\NC(=O)c2ccc(Cl)c([N+](=O)[O-])c2)c1. The number of nitrogens with zero attached hydrogens (tertiary/aromatic N) is 2. The first-order valence-corrected chi connectivity index (χ1v) is 6.80. The number of carbonyl (C=O) groups is 1. The Balaban J connectivity index is 2.08. The number of rotatable bonds is 5. The molecule has 1 amide bonds. The van der Waals surface area contributed by atoms with E-state index < -0.39 is 10.8 Å². The van der Waals surface area contributed by atoms with Crippen molar-refractivity contribution < 1.29 is 14.5 Å². The van der Waals surface area contributed by atoms with Gasteiger partial charge in [0.2, 0.25) is 0 Å². The summed E-state index contributed by atoms with van der Waals surface area (Å²) in [5.74, 6) is 0.0810. The van der Waals surface area contributed by atoms with Crippen LogP contribution in [0.15, 0.2) is 47.6 Å². The molecule has 0 bridgehead atoms. The van der Waals surface area contributed by atoms with Crippen molar-refractivity contribution >= 4 is 29.4 Å². The second kappa shape index (κ2) is 7.37. The Morgan fingerprint density at radius 3 is 2.83 bits per heavy atom. The summed E-state index contributed by atoms with van der Waals surface area (Å²) in [6, 6.07) is 10.9. The highest BCUT2D eigenvalue weighted by Gasteiger charge is 2.15. The second-order valence-electron chi connectivity index (χ2n) is 4.40. The fraction of sp³-hybridized carbons (Fsp3) is 0.0667. The van der Waals surface area contributed by atoms with Crippen LogP contribution >= 0.6 is 11.6 Å². The topological polar surface area (TPSA) is 93.8 Å². The van der Waals surface area contributed by atoms with Crippen LogP contribution in [0, 0.1) is 10.1 Å². The Labute approximate surface area is 136 Å². The Morgan fingerprint density at radius 1 is 1.35 bits per heavy atom. The zero-order chi connectivity index (χ0) is 16.8. The number of halogens is 1. The van der Waals surface area contributed by atoms with Crippen molar-refractivity contribution in [2.45, 2.75) is 0 Å². The Bertz CT molecular complexity index is 777. The van der Waals surface area contributed by atoms with E-state index in [2.05, 4.69) is 10.5 Å². The van der Waals surface area contributed by atoms with Gasteiger partial charge in [0.15, 0.2) is 0 Å². The number of carbonyl (C=O) groups excluding carboxylic acids is 1. The first kappa shape index (κ1) is 16.4. The Morgan fingerprint density at radius 2 is 2.13 bits per heavy atom. The van der Waals surface area contributed by atoms with E-state index in [1.807, 2.05) is 0 Å². The summed E-state index contributed by atoms with van der Waals surface area (Å²) >= 11 is 5.69. The van der Waals surface area contributed by atoms with Gasteiger partial charge in [0.1, 0.15) is 10.8 Å². The normalized spacial score (nSPS) is 10.5. The van der Waals surface area contributed by atoms with E-state index in [-0.39, 0.29) is 16.3 Å². The molecule has 0 unspecified atom stereocenters. The molecular formula is C15H12ClN3O4. The van der Waals surface area contributed by atoms with Gasteiger partial charge in [-0.05, 0) is 29.8 Å². The summed E-state index contributed by atoms with van der Waals surface area (Å²) in [5.41, 5.74) is 2.77. The average molecular weight is 334 g/mol. The van der Waals surface area contributed by atoms with Crippen molar-refractivity contribution in [1.29, 1.82) is 0 Å². The fourth-order valence-corrected chi connectivity index (χ4v) is 1.93. The molecule has 0 radical (unpaired) electrons. The summed E-state index contributed by atoms with van der Waals surface area (Å²) in [5, 5.41) is 14.6. The quantitative estimate of drug-likeness (QED) is 0.517. The zero-order valence-corrected chi connectivity index (χ0v) is 12.8. The maximum absolute atomic E-state index is 11.9. The van der Waals surface area contributed by atoms with Gasteiger partial charge in [0, 0.05) is 11.6 Å². The lowest BCUT2D eigenvalue weighted by Gasteiger charge is -2.02. The van der Waals surface area contributed by atoms with Crippen LogP contribution in [0.3, 0.4) is 0 Å². The minimum atomic E-state index is -0.654. The van der Waals surface area contributed by atoms with E-state index in [1.54, 1.807) is 31.4 Å². The number of methoxy groups -OCH3 is 1. The van der Waals surface area contributed by atoms with Crippen LogP contribution in [0.25, 0.3) is 0 Å². The van der Waals surface area contributed by atoms with Gasteiger partial charge in [-0.3, -0.25) is 14.9 Å². The monoisotopic (exact) mass is 333 g/mol. The molecule has 0 spiro atoms. The van der Waals surface area contributed by atoms with Gasteiger partial charge in [-0.1, -0.05) is 23.7 Å². The smallest absolute Gasteiger partial charge is 0.288 e. The molecule has 7 nitrogen and oxygen atoms in total. The molecule has 0 aliphatic heterocycles. The van der Waals surface area contributed by atoms with Gasteiger partial charge in [0.05, 0.1) is 18.2 Å². The van der Waals surface area contributed by atoms with Crippen molar-refractivity contribution in [2.75, 3.05) is 7.11 Å². The lowest BCUT2D eigenvalue weighted by atomic mass is 10.2. The molecule has 0 atom stereocenters. The first-order valence-electron chi connectivity index (χ1n) is 6.42. The molecule has 118 valence electrons. The maximum Gasteiger partial charge on any atom is 0.288 e. The molecule has 0 aromatic heterocycles. The molecule has 2 rings (SSSR count). The summed E-state index contributed by atoms with van der Waals surface area (Å²) in [6.07, 6.45) is 1.44. The zero-order valence-electron chi connectivity index (χ0n) is 12.0. The number of benzene rings is 2. The first-order chi connectivity index (χ1) is 11.0. The van der Waals surface area contributed by atoms with Gasteiger partial charge >= 0.3 is 0 Å². The molecule has 2 aromatic rings. The largest absolute Gasteiger partial charge is 0.497 e. The molecule has 0 fully saturated rings. The van der Waals surface area contributed by atoms with Crippen molar-refractivity contribution in [3.8, 4) is 5.75 Å².